The van der Waals surface area contributed by atoms with Gasteiger partial charge in [0.05, 0.1) is 0 Å². The minimum Gasteiger partial charge on any atom is -0.329 e. The molecule has 0 radical (unpaired) electrons. The molecule has 2 rings (SSSR count). The predicted molar refractivity (Wildman–Crippen MR) is 91.6 cm³/mol. The van der Waals surface area contributed by atoms with Crippen LogP contribution in [0.15, 0.2) is 12.1 Å². The van der Waals surface area contributed by atoms with Crippen LogP contribution in [-0.4, -0.2) is 24.5 Å². The summed E-state index contributed by atoms with van der Waals surface area (Å²) < 4.78 is 0. The standard InChI is InChI=1S/C19H32N2/c1-13-8-6-7-9-18(13)21(5)19(12-20)17-11-15(3)14(2)10-16(17)4/h10-11,13,18-19H,6-9,12,20H2,1-5H3. The molecule has 0 aromatic heterocycles. The molecule has 0 amide bonds. The Hall–Kier alpha value is -0.860. The normalized spacial score (nSPS) is 24.3. The quantitative estimate of drug-likeness (QED) is 0.903. The highest BCUT2D eigenvalue weighted by Crippen LogP contribution is 2.33. The van der Waals surface area contributed by atoms with Crippen LogP contribution in [-0.2, 0) is 0 Å². The van der Waals surface area contributed by atoms with Gasteiger partial charge in [0.25, 0.3) is 0 Å². The minimum absolute atomic E-state index is 0.342. The molecule has 0 heterocycles. The molecule has 1 aromatic carbocycles. The number of aryl methyl sites for hydroxylation is 3. The third-order valence-corrected chi connectivity index (χ3v) is 5.55. The van der Waals surface area contributed by atoms with Crippen LogP contribution >= 0.6 is 0 Å². The van der Waals surface area contributed by atoms with Crippen molar-refractivity contribution in [1.82, 2.24) is 4.90 Å². The van der Waals surface area contributed by atoms with Crippen molar-refractivity contribution in [3.05, 3.63) is 34.4 Å². The second kappa shape index (κ2) is 6.93. The van der Waals surface area contributed by atoms with E-state index in [1.54, 1.807) is 0 Å². The molecular weight excluding hydrogens is 256 g/mol. The topological polar surface area (TPSA) is 29.3 Å². The van der Waals surface area contributed by atoms with Gasteiger partial charge in [0.1, 0.15) is 0 Å². The average molecular weight is 288 g/mol. The summed E-state index contributed by atoms with van der Waals surface area (Å²) in [6, 6.07) is 5.68. The van der Waals surface area contributed by atoms with Crippen molar-refractivity contribution in [3.63, 3.8) is 0 Å². The zero-order valence-electron chi connectivity index (χ0n) is 14.4. The fourth-order valence-corrected chi connectivity index (χ4v) is 3.99. The summed E-state index contributed by atoms with van der Waals surface area (Å²) in [5.41, 5.74) is 11.7. The Morgan fingerprint density at radius 3 is 2.33 bits per heavy atom. The van der Waals surface area contributed by atoms with E-state index in [4.69, 9.17) is 5.73 Å². The van der Waals surface area contributed by atoms with Gasteiger partial charge in [0, 0.05) is 18.6 Å². The van der Waals surface area contributed by atoms with Crippen molar-refractivity contribution in [1.29, 1.82) is 0 Å². The summed E-state index contributed by atoms with van der Waals surface area (Å²) in [5.74, 6) is 0.782. The Morgan fingerprint density at radius 1 is 1.10 bits per heavy atom. The van der Waals surface area contributed by atoms with E-state index in [9.17, 15) is 0 Å². The fourth-order valence-electron chi connectivity index (χ4n) is 3.99. The molecule has 2 N–H and O–H groups in total. The zero-order valence-corrected chi connectivity index (χ0v) is 14.4. The summed E-state index contributed by atoms with van der Waals surface area (Å²) in [7, 11) is 2.28. The van der Waals surface area contributed by atoms with Gasteiger partial charge in [-0.25, -0.2) is 0 Å². The van der Waals surface area contributed by atoms with E-state index >= 15 is 0 Å². The third-order valence-electron chi connectivity index (χ3n) is 5.55. The molecule has 1 fully saturated rings. The van der Waals surface area contributed by atoms with Crippen LogP contribution in [0.2, 0.25) is 0 Å². The van der Waals surface area contributed by atoms with Gasteiger partial charge in [-0.2, -0.15) is 0 Å². The van der Waals surface area contributed by atoms with Crippen LogP contribution in [0.1, 0.15) is 60.9 Å². The number of rotatable bonds is 4. The van der Waals surface area contributed by atoms with E-state index in [1.807, 2.05) is 0 Å². The molecule has 1 aliphatic carbocycles. The van der Waals surface area contributed by atoms with Crippen molar-refractivity contribution >= 4 is 0 Å². The number of hydrogen-bond donors (Lipinski definition) is 1. The van der Waals surface area contributed by atoms with Gasteiger partial charge < -0.3 is 5.73 Å². The number of hydrogen-bond acceptors (Lipinski definition) is 2. The second-order valence-electron chi connectivity index (χ2n) is 7.04. The highest BCUT2D eigenvalue weighted by molar-refractivity contribution is 5.38. The van der Waals surface area contributed by atoms with Crippen molar-refractivity contribution in [2.24, 2.45) is 11.7 Å². The third kappa shape index (κ3) is 3.49. The van der Waals surface area contributed by atoms with Crippen molar-refractivity contribution in [3.8, 4) is 0 Å². The van der Waals surface area contributed by atoms with Gasteiger partial charge >= 0.3 is 0 Å². The molecular formula is C19H32N2. The Bertz CT molecular complexity index is 481. The van der Waals surface area contributed by atoms with Gasteiger partial charge in [0.15, 0.2) is 0 Å². The molecule has 0 saturated heterocycles. The van der Waals surface area contributed by atoms with E-state index in [1.165, 1.54) is 47.9 Å². The molecule has 3 atom stereocenters. The van der Waals surface area contributed by atoms with Crippen LogP contribution < -0.4 is 5.73 Å². The smallest absolute Gasteiger partial charge is 0.0473 e. The molecule has 21 heavy (non-hydrogen) atoms. The number of nitrogens with two attached hydrogens (primary N) is 1. The molecule has 1 saturated carbocycles. The molecule has 2 nitrogen and oxygen atoms in total. The highest BCUT2D eigenvalue weighted by atomic mass is 15.2. The maximum absolute atomic E-state index is 6.17. The molecule has 1 aromatic rings. The van der Waals surface area contributed by atoms with Crippen molar-refractivity contribution in [2.45, 2.75) is 65.5 Å². The lowest BCUT2D eigenvalue weighted by Gasteiger charge is -2.41. The lowest BCUT2D eigenvalue weighted by atomic mass is 9.83. The number of likely N-dealkylation sites (N-methyl/N-ethyl adjacent to an activating group) is 1. The SMILES string of the molecule is Cc1cc(C)c(C(CN)N(C)C2CCCCC2C)cc1C. The Balaban J connectivity index is 2.28. The molecule has 0 bridgehead atoms. The van der Waals surface area contributed by atoms with E-state index in [0.717, 1.165) is 5.92 Å². The van der Waals surface area contributed by atoms with Crippen LogP contribution in [0.3, 0.4) is 0 Å². The summed E-state index contributed by atoms with van der Waals surface area (Å²) in [6.07, 6.45) is 5.43. The monoisotopic (exact) mass is 288 g/mol. The molecule has 1 aliphatic rings. The highest BCUT2D eigenvalue weighted by Gasteiger charge is 2.30. The molecule has 3 unspecified atom stereocenters. The van der Waals surface area contributed by atoms with E-state index in [2.05, 4.69) is 51.8 Å². The first-order chi connectivity index (χ1) is 9.95. The van der Waals surface area contributed by atoms with Crippen LogP contribution in [0.4, 0.5) is 0 Å². The lowest BCUT2D eigenvalue weighted by molar-refractivity contribution is 0.0989. The van der Waals surface area contributed by atoms with Crippen LogP contribution in [0.25, 0.3) is 0 Å². The van der Waals surface area contributed by atoms with Crippen molar-refractivity contribution in [2.75, 3.05) is 13.6 Å². The molecule has 0 aliphatic heterocycles. The van der Waals surface area contributed by atoms with Gasteiger partial charge in [-0.05, 0) is 68.8 Å². The molecule has 2 heteroatoms. The maximum Gasteiger partial charge on any atom is 0.0473 e. The first-order valence-corrected chi connectivity index (χ1v) is 8.45. The number of benzene rings is 1. The Morgan fingerprint density at radius 2 is 1.71 bits per heavy atom. The second-order valence-corrected chi connectivity index (χ2v) is 7.04. The minimum atomic E-state index is 0.342. The van der Waals surface area contributed by atoms with Crippen LogP contribution in [0, 0.1) is 26.7 Å². The van der Waals surface area contributed by atoms with Gasteiger partial charge in [-0.15, -0.1) is 0 Å². The average Bonchev–Trinajstić information content (AvgIpc) is 2.45. The largest absolute Gasteiger partial charge is 0.329 e. The predicted octanol–water partition coefficient (Wildman–Crippen LogP) is 4.12. The zero-order chi connectivity index (χ0) is 15.6. The fraction of sp³-hybridized carbons (Fsp3) is 0.684. The summed E-state index contributed by atoms with van der Waals surface area (Å²) >= 11 is 0. The van der Waals surface area contributed by atoms with E-state index < -0.39 is 0 Å². The lowest BCUT2D eigenvalue weighted by Crippen LogP contribution is -2.43. The first kappa shape index (κ1) is 16.5. The summed E-state index contributed by atoms with van der Waals surface area (Å²) in [6.45, 7) is 9.72. The molecule has 118 valence electrons. The Kier molecular flexibility index (Phi) is 5.45. The van der Waals surface area contributed by atoms with Gasteiger partial charge in [-0.1, -0.05) is 31.9 Å². The molecule has 0 spiro atoms. The van der Waals surface area contributed by atoms with Gasteiger partial charge in [0.2, 0.25) is 0 Å². The van der Waals surface area contributed by atoms with Crippen LogP contribution in [0.5, 0.6) is 0 Å². The maximum atomic E-state index is 6.17. The first-order valence-electron chi connectivity index (χ1n) is 8.45. The Labute approximate surface area is 130 Å². The van der Waals surface area contributed by atoms with E-state index in [-0.39, 0.29) is 0 Å². The summed E-state index contributed by atoms with van der Waals surface area (Å²) in [5, 5.41) is 0. The number of nitrogens with zero attached hydrogens (tertiary/aromatic N) is 1. The van der Waals surface area contributed by atoms with E-state index in [0.29, 0.717) is 18.6 Å². The van der Waals surface area contributed by atoms with Crippen molar-refractivity contribution < 1.29 is 0 Å². The van der Waals surface area contributed by atoms with Gasteiger partial charge in [-0.3, -0.25) is 4.90 Å². The summed E-state index contributed by atoms with van der Waals surface area (Å²) in [4.78, 5) is 2.56.